The van der Waals surface area contributed by atoms with E-state index in [0.29, 0.717) is 22.1 Å². The second-order valence-electron chi connectivity index (χ2n) is 7.31. The van der Waals surface area contributed by atoms with Crippen LogP contribution in [0, 0.1) is 11.7 Å². The largest absolute Gasteiger partial charge is 0.466 e. The van der Waals surface area contributed by atoms with Crippen LogP contribution in [-0.2, 0) is 23.8 Å². The van der Waals surface area contributed by atoms with Crippen molar-refractivity contribution in [3.63, 3.8) is 0 Å². The van der Waals surface area contributed by atoms with E-state index in [-0.39, 0.29) is 36.1 Å². The van der Waals surface area contributed by atoms with Gasteiger partial charge in [0.15, 0.2) is 16.9 Å². The summed E-state index contributed by atoms with van der Waals surface area (Å²) in [5, 5.41) is 5.43. The number of hydrogen-bond acceptors (Lipinski definition) is 9. The van der Waals surface area contributed by atoms with Crippen LogP contribution in [0.5, 0.6) is 0 Å². The zero-order valence-corrected chi connectivity index (χ0v) is 19.4. The molecule has 1 aromatic heterocycles. The molecule has 1 saturated heterocycles. The third kappa shape index (κ3) is 4.64. The van der Waals surface area contributed by atoms with Gasteiger partial charge >= 0.3 is 11.9 Å². The van der Waals surface area contributed by atoms with Gasteiger partial charge in [0, 0.05) is 28.8 Å². The predicted molar refractivity (Wildman–Crippen MR) is 119 cm³/mol. The molecule has 0 aliphatic carbocycles. The van der Waals surface area contributed by atoms with E-state index >= 15 is 0 Å². The van der Waals surface area contributed by atoms with Gasteiger partial charge in [-0.3, -0.25) is 4.99 Å². The normalized spacial score (nSPS) is 22.5. The maximum absolute atomic E-state index is 14.3. The molecule has 0 spiro atoms. The topological polar surface area (TPSA) is 99.1 Å². The number of carbonyl (C=O) groups is 2. The molecular weight excluding hydrogens is 473 g/mol. The zero-order valence-electron chi connectivity index (χ0n) is 17.8. The average molecular weight is 494 g/mol. The van der Waals surface area contributed by atoms with Gasteiger partial charge in [0.25, 0.3) is 0 Å². The van der Waals surface area contributed by atoms with Crippen LogP contribution in [0.1, 0.15) is 30.0 Å². The van der Waals surface area contributed by atoms with Gasteiger partial charge in [-0.2, -0.15) is 0 Å². The highest BCUT2D eigenvalue weighted by atomic mass is 35.5. The fourth-order valence-electron chi connectivity index (χ4n) is 3.85. The van der Waals surface area contributed by atoms with E-state index in [2.05, 4.69) is 15.3 Å². The van der Waals surface area contributed by atoms with Crippen LogP contribution in [0.2, 0.25) is 5.02 Å². The standard InChI is InChI=1S/C22H21ClFN3O5S/c1-3-31-21(28)14-9-11(10-32-14)17-15(22(29)30-2)18(12-5-4-6-13(24)16(12)23)27-19(26-17)20-25-7-8-33-20/h4-8,11,14,18H,3,9-10H2,1-2H3,(H,26,27)/t11-,14+,18-/m0/s1. The molecule has 3 atom stereocenters. The van der Waals surface area contributed by atoms with Crippen molar-refractivity contribution in [2.75, 3.05) is 20.3 Å². The van der Waals surface area contributed by atoms with Crippen LogP contribution in [0.15, 0.2) is 46.0 Å². The highest BCUT2D eigenvalue weighted by Crippen LogP contribution is 2.40. The summed E-state index contributed by atoms with van der Waals surface area (Å²) in [6.45, 7) is 2.12. The van der Waals surface area contributed by atoms with E-state index in [0.717, 1.165) is 0 Å². The minimum atomic E-state index is -0.947. The number of methoxy groups -OCH3 is 1. The lowest BCUT2D eigenvalue weighted by Gasteiger charge is -2.29. The van der Waals surface area contributed by atoms with Gasteiger partial charge in [0.2, 0.25) is 0 Å². The van der Waals surface area contributed by atoms with Gasteiger partial charge in [-0.1, -0.05) is 23.7 Å². The molecule has 1 aromatic carbocycles. The van der Waals surface area contributed by atoms with E-state index in [1.165, 1.54) is 30.6 Å². The first kappa shape index (κ1) is 23.3. The van der Waals surface area contributed by atoms with Crippen molar-refractivity contribution in [2.45, 2.75) is 25.5 Å². The van der Waals surface area contributed by atoms with Crippen LogP contribution >= 0.6 is 22.9 Å². The third-order valence-corrected chi connectivity index (χ3v) is 6.52. The Labute approximate surface area is 198 Å². The monoisotopic (exact) mass is 493 g/mol. The molecule has 0 unspecified atom stereocenters. The van der Waals surface area contributed by atoms with Crippen molar-refractivity contribution in [2.24, 2.45) is 10.9 Å². The van der Waals surface area contributed by atoms with Crippen LogP contribution in [-0.4, -0.2) is 49.2 Å². The van der Waals surface area contributed by atoms with Crippen molar-refractivity contribution in [1.29, 1.82) is 0 Å². The van der Waals surface area contributed by atoms with Crippen molar-refractivity contribution in [1.82, 2.24) is 10.3 Å². The number of nitrogens with one attached hydrogen (secondary N) is 1. The van der Waals surface area contributed by atoms with Crippen LogP contribution in [0.4, 0.5) is 4.39 Å². The quantitative estimate of drug-likeness (QED) is 0.615. The Kier molecular flexibility index (Phi) is 7.06. The molecule has 0 radical (unpaired) electrons. The second-order valence-corrected chi connectivity index (χ2v) is 8.58. The van der Waals surface area contributed by atoms with Gasteiger partial charge in [-0.15, -0.1) is 11.3 Å². The number of hydrogen-bond donors (Lipinski definition) is 1. The number of amidine groups is 1. The summed E-state index contributed by atoms with van der Waals surface area (Å²) in [5.74, 6) is -1.71. The predicted octanol–water partition coefficient (Wildman–Crippen LogP) is 3.42. The first-order chi connectivity index (χ1) is 15.9. The molecule has 2 aliphatic heterocycles. The van der Waals surface area contributed by atoms with E-state index in [9.17, 15) is 14.0 Å². The number of halogens is 2. The Balaban J connectivity index is 1.82. The Morgan fingerprint density at radius 3 is 2.91 bits per heavy atom. The molecule has 174 valence electrons. The lowest BCUT2D eigenvalue weighted by atomic mass is 9.89. The number of ether oxygens (including phenoxy) is 3. The summed E-state index contributed by atoms with van der Waals surface area (Å²) in [6.07, 6.45) is 1.15. The fraction of sp³-hybridized carbons (Fsp3) is 0.364. The maximum Gasteiger partial charge on any atom is 0.338 e. The van der Waals surface area contributed by atoms with Crippen molar-refractivity contribution < 1.29 is 28.2 Å². The number of aromatic nitrogens is 1. The van der Waals surface area contributed by atoms with Crippen molar-refractivity contribution in [3.8, 4) is 0 Å². The smallest absolute Gasteiger partial charge is 0.338 e. The number of benzene rings is 1. The van der Waals surface area contributed by atoms with Crippen LogP contribution < -0.4 is 5.32 Å². The van der Waals surface area contributed by atoms with E-state index < -0.39 is 29.9 Å². The van der Waals surface area contributed by atoms with Gasteiger partial charge in [-0.05, 0) is 19.4 Å². The number of thiazole rings is 1. The maximum atomic E-state index is 14.3. The molecule has 4 rings (SSSR count). The van der Waals surface area contributed by atoms with Gasteiger partial charge < -0.3 is 19.5 Å². The number of nitrogens with zero attached hydrogens (tertiary/aromatic N) is 2. The Morgan fingerprint density at radius 2 is 2.21 bits per heavy atom. The summed E-state index contributed by atoms with van der Waals surface area (Å²) >= 11 is 7.63. The minimum absolute atomic E-state index is 0.139. The molecule has 1 fully saturated rings. The molecule has 2 aromatic rings. The van der Waals surface area contributed by atoms with Gasteiger partial charge in [0.05, 0.1) is 30.9 Å². The SMILES string of the molecule is CCOC(=O)[C@H]1C[C@H](C2=C(C(=O)OC)[C@H](c3cccc(F)c3Cl)N=C(c3nccs3)N2)CO1. The molecule has 0 saturated carbocycles. The Bertz CT molecular complexity index is 1120. The number of carbonyl (C=O) groups excluding carboxylic acids is 2. The summed E-state index contributed by atoms with van der Waals surface area (Å²) < 4.78 is 30.1. The molecule has 2 aliphatic rings. The summed E-state index contributed by atoms with van der Waals surface area (Å²) in [4.78, 5) is 34.1. The lowest BCUT2D eigenvalue weighted by Crippen LogP contribution is -2.37. The average Bonchev–Trinajstić information content (AvgIpc) is 3.52. The lowest BCUT2D eigenvalue weighted by molar-refractivity contribution is -0.153. The van der Waals surface area contributed by atoms with Crippen LogP contribution in [0.25, 0.3) is 0 Å². The highest BCUT2D eigenvalue weighted by molar-refractivity contribution is 7.11. The van der Waals surface area contributed by atoms with Crippen LogP contribution in [0.3, 0.4) is 0 Å². The Hall–Kier alpha value is -2.82. The van der Waals surface area contributed by atoms with E-state index in [4.69, 9.17) is 25.8 Å². The molecule has 8 nitrogen and oxygen atoms in total. The summed E-state index contributed by atoms with van der Waals surface area (Å²) in [6, 6.07) is 3.39. The van der Waals surface area contributed by atoms with Gasteiger partial charge in [0.1, 0.15) is 11.9 Å². The molecule has 3 heterocycles. The van der Waals surface area contributed by atoms with E-state index in [1.807, 2.05) is 0 Å². The minimum Gasteiger partial charge on any atom is -0.466 e. The molecular formula is C22H21ClFN3O5S. The third-order valence-electron chi connectivity index (χ3n) is 5.35. The summed E-state index contributed by atoms with van der Waals surface area (Å²) in [7, 11) is 1.25. The van der Waals surface area contributed by atoms with Crippen molar-refractivity contribution in [3.05, 3.63) is 62.5 Å². The molecule has 11 heteroatoms. The summed E-state index contributed by atoms with van der Waals surface area (Å²) in [5.41, 5.74) is 0.952. The number of esters is 2. The van der Waals surface area contributed by atoms with Gasteiger partial charge in [-0.25, -0.2) is 19.0 Å². The zero-order chi connectivity index (χ0) is 23.5. The number of rotatable bonds is 6. The fourth-order valence-corrected chi connectivity index (χ4v) is 4.67. The molecule has 1 N–H and O–H groups in total. The molecule has 33 heavy (non-hydrogen) atoms. The second kappa shape index (κ2) is 9.98. The number of aliphatic imine (C=N–C) groups is 1. The van der Waals surface area contributed by atoms with E-state index in [1.54, 1.807) is 24.6 Å². The first-order valence-electron chi connectivity index (χ1n) is 10.2. The molecule has 0 amide bonds. The Morgan fingerprint density at radius 1 is 1.39 bits per heavy atom. The molecule has 0 bridgehead atoms. The highest BCUT2D eigenvalue weighted by Gasteiger charge is 2.41. The van der Waals surface area contributed by atoms with Crippen molar-refractivity contribution >= 4 is 40.7 Å². The first-order valence-corrected chi connectivity index (χ1v) is 11.5.